The zero-order valence-corrected chi connectivity index (χ0v) is 34.7. The number of carbonyl (C=O) groups excluding carboxylic acids is 3. The summed E-state index contributed by atoms with van der Waals surface area (Å²) in [5.74, 6) is -4.80. The Balaban J connectivity index is 2.22. The Bertz CT molecular complexity index is 1360. The summed E-state index contributed by atoms with van der Waals surface area (Å²) in [6, 6.07) is -0.385. The third-order valence-electron chi connectivity index (χ3n) is 12.0. The number of cyclic esters (lactones) is 1. The smallest absolute Gasteiger partial charge is 0.330 e. The van der Waals surface area contributed by atoms with Crippen LogP contribution in [0.1, 0.15) is 88.0 Å². The summed E-state index contributed by atoms with van der Waals surface area (Å²) in [6.07, 6.45) is -8.86. The summed E-state index contributed by atoms with van der Waals surface area (Å²) in [7, 11) is 4.65. The first-order valence-electron chi connectivity index (χ1n) is 19.3. The van der Waals surface area contributed by atoms with E-state index in [0.717, 1.165) is 6.08 Å². The van der Waals surface area contributed by atoms with Crippen LogP contribution in [-0.2, 0) is 52.3 Å². The van der Waals surface area contributed by atoms with Gasteiger partial charge in [0.1, 0.15) is 35.3 Å². The van der Waals surface area contributed by atoms with Crippen LogP contribution >= 0.6 is 0 Å². The van der Waals surface area contributed by atoms with Crippen LogP contribution in [0, 0.1) is 17.8 Å². The van der Waals surface area contributed by atoms with Crippen molar-refractivity contribution in [2.75, 3.05) is 21.3 Å². The van der Waals surface area contributed by atoms with E-state index >= 15 is 0 Å². The van der Waals surface area contributed by atoms with E-state index in [1.165, 1.54) is 28.1 Å². The van der Waals surface area contributed by atoms with Gasteiger partial charge in [-0.25, -0.2) is 4.79 Å². The van der Waals surface area contributed by atoms with Crippen LogP contribution in [0.4, 0.5) is 0 Å². The second-order valence-electron chi connectivity index (χ2n) is 16.2. The first-order valence-corrected chi connectivity index (χ1v) is 19.3. The van der Waals surface area contributed by atoms with Crippen LogP contribution in [0.15, 0.2) is 24.8 Å². The van der Waals surface area contributed by atoms with E-state index in [0.29, 0.717) is 6.42 Å². The monoisotopic (exact) mass is 785 g/mol. The molecular formula is C40H67NO14. The van der Waals surface area contributed by atoms with E-state index in [4.69, 9.17) is 37.9 Å². The molecule has 0 spiro atoms. The van der Waals surface area contributed by atoms with E-state index in [-0.39, 0.29) is 42.8 Å². The number of likely N-dealkylation sites (N-methyl/N-ethyl adjacent to an activating group) is 1. The molecule has 3 fully saturated rings. The molecule has 0 bridgehead atoms. The summed E-state index contributed by atoms with van der Waals surface area (Å²) in [6.45, 7) is 22.8. The van der Waals surface area contributed by atoms with Gasteiger partial charge in [-0.2, -0.15) is 0 Å². The standard InChI is InChI=1S/C40H67NO14/c1-15-27-40(11,47)33(45)22(5)30(43)20(3)18-38(9,48-13)34(55-37-31(44)26(41-12)17-21(4)50-37)23(6)32(24(7)36(46)52-27)54-29-19-39(10,49-14)35(25(8)51-29)53-28(42)16-2/h16,20-22,24-27,29,31-35,37,41,44-45,47H,2,6,15,17-19H2,1,3-5,7-14H3/t20-,21-,22+,24-,25+,26+,27-,29+,31-,32?,33-,34-,35?,37+,38-,39-,40-/m1/s1. The lowest BCUT2D eigenvalue weighted by Crippen LogP contribution is -2.60. The van der Waals surface area contributed by atoms with Crippen molar-refractivity contribution in [3.63, 3.8) is 0 Å². The molecule has 3 rings (SSSR count). The molecule has 0 amide bonds. The minimum absolute atomic E-state index is 0.0247. The van der Waals surface area contributed by atoms with Gasteiger partial charge in [0, 0.05) is 44.6 Å². The summed E-state index contributed by atoms with van der Waals surface area (Å²) < 4.78 is 49.4. The van der Waals surface area contributed by atoms with Gasteiger partial charge in [-0.3, -0.25) is 9.59 Å². The third-order valence-corrected chi connectivity index (χ3v) is 12.0. The lowest BCUT2D eigenvalue weighted by atomic mass is 9.75. The number of hydrogen-bond acceptors (Lipinski definition) is 15. The highest BCUT2D eigenvalue weighted by atomic mass is 16.7. The van der Waals surface area contributed by atoms with Gasteiger partial charge >= 0.3 is 11.9 Å². The number of hydrogen-bond donors (Lipinski definition) is 4. The molecule has 3 aliphatic heterocycles. The molecule has 4 N–H and O–H groups in total. The van der Waals surface area contributed by atoms with Crippen LogP contribution in [0.3, 0.4) is 0 Å². The van der Waals surface area contributed by atoms with Crippen LogP contribution in [-0.4, -0.2) is 139 Å². The number of aliphatic hydroxyl groups excluding tert-OH is 2. The Morgan fingerprint density at radius 1 is 0.982 bits per heavy atom. The fraction of sp³-hybridized carbons (Fsp3) is 0.825. The van der Waals surface area contributed by atoms with Crippen molar-refractivity contribution >= 4 is 17.7 Å². The van der Waals surface area contributed by atoms with Gasteiger partial charge in [0.15, 0.2) is 18.7 Å². The second kappa shape index (κ2) is 19.0. The predicted molar refractivity (Wildman–Crippen MR) is 200 cm³/mol. The third kappa shape index (κ3) is 10.2. The van der Waals surface area contributed by atoms with E-state index < -0.39 is 102 Å². The van der Waals surface area contributed by atoms with Crippen molar-refractivity contribution < 1.29 is 67.6 Å². The summed E-state index contributed by atoms with van der Waals surface area (Å²) in [5, 5.41) is 37.6. The van der Waals surface area contributed by atoms with Gasteiger partial charge in [-0.1, -0.05) is 33.9 Å². The maximum Gasteiger partial charge on any atom is 0.330 e. The first kappa shape index (κ1) is 47.1. The van der Waals surface area contributed by atoms with Crippen LogP contribution in [0.25, 0.3) is 0 Å². The average molecular weight is 786 g/mol. The topological polar surface area (TPSA) is 198 Å². The Morgan fingerprint density at radius 3 is 2.15 bits per heavy atom. The highest BCUT2D eigenvalue weighted by molar-refractivity contribution is 5.83. The van der Waals surface area contributed by atoms with Crippen LogP contribution in [0.2, 0.25) is 0 Å². The number of methoxy groups -OCH3 is 2. The zero-order valence-electron chi connectivity index (χ0n) is 34.7. The molecule has 3 aliphatic rings. The first-order chi connectivity index (χ1) is 25.5. The molecule has 15 heteroatoms. The SMILES string of the molecule is C=CC(=O)OC1[C@H](C)O[C@@H](OC2C(=C)[C@@H](O[C@@H]3O[C@H](C)C[C@H](NC)[C@H]3O)[C@](C)(OC)C[C@@H](C)C(=O)[C@H](C)[C@@H](O)[C@](C)(O)[C@@H](CC)OC(=O)[C@@H]2C)C[C@@]1(C)OC. The van der Waals surface area contributed by atoms with Gasteiger partial charge in [0.2, 0.25) is 0 Å². The Labute approximate surface area is 326 Å². The molecule has 55 heavy (non-hydrogen) atoms. The van der Waals surface area contributed by atoms with Crippen LogP contribution in [0.5, 0.6) is 0 Å². The van der Waals surface area contributed by atoms with Crippen molar-refractivity contribution in [1.82, 2.24) is 5.32 Å². The number of Topliss-reactive ketones (excluding diaryl/α,β-unsaturated/α-hetero) is 1. The summed E-state index contributed by atoms with van der Waals surface area (Å²) in [5.41, 5.74) is -4.33. The summed E-state index contributed by atoms with van der Waals surface area (Å²) >= 11 is 0. The molecular weight excluding hydrogens is 718 g/mol. The highest BCUT2D eigenvalue weighted by Gasteiger charge is 2.53. The molecule has 15 nitrogen and oxygen atoms in total. The number of carbonyl (C=O) groups is 3. The molecule has 316 valence electrons. The van der Waals surface area contributed by atoms with E-state index in [1.807, 2.05) is 6.92 Å². The molecule has 0 saturated carbocycles. The van der Waals surface area contributed by atoms with Gasteiger partial charge in [0.05, 0.1) is 35.9 Å². The zero-order chi connectivity index (χ0) is 41.8. The lowest BCUT2D eigenvalue weighted by Gasteiger charge is -2.48. The van der Waals surface area contributed by atoms with Crippen molar-refractivity contribution in [2.45, 2.75) is 172 Å². The summed E-state index contributed by atoms with van der Waals surface area (Å²) in [4.78, 5) is 40.5. The predicted octanol–water partition coefficient (Wildman–Crippen LogP) is 2.75. The maximum atomic E-state index is 14.2. The largest absolute Gasteiger partial charge is 0.459 e. The molecule has 0 aromatic carbocycles. The number of nitrogens with one attached hydrogen (secondary N) is 1. The van der Waals surface area contributed by atoms with Gasteiger partial charge in [-0.05, 0) is 73.4 Å². The van der Waals surface area contributed by atoms with Gasteiger partial charge in [0.25, 0.3) is 0 Å². The number of rotatable bonds is 10. The minimum atomic E-state index is -2.01. The van der Waals surface area contributed by atoms with Crippen molar-refractivity contribution in [3.05, 3.63) is 24.8 Å². The van der Waals surface area contributed by atoms with Crippen molar-refractivity contribution in [2.24, 2.45) is 17.8 Å². The van der Waals surface area contributed by atoms with Crippen molar-refractivity contribution in [1.29, 1.82) is 0 Å². The molecule has 2 unspecified atom stereocenters. The maximum absolute atomic E-state index is 14.2. The number of esters is 2. The minimum Gasteiger partial charge on any atom is -0.459 e. The number of ketones is 1. The molecule has 17 atom stereocenters. The fourth-order valence-electron chi connectivity index (χ4n) is 8.32. The van der Waals surface area contributed by atoms with Crippen LogP contribution < -0.4 is 5.32 Å². The number of ether oxygens (including phenoxy) is 8. The van der Waals surface area contributed by atoms with Crippen molar-refractivity contribution in [3.8, 4) is 0 Å². The molecule has 3 saturated heterocycles. The van der Waals surface area contributed by atoms with Gasteiger partial charge < -0.3 is 58.5 Å². The molecule has 0 radical (unpaired) electrons. The lowest BCUT2D eigenvalue weighted by molar-refractivity contribution is -0.297. The molecule has 0 aromatic heterocycles. The number of aliphatic hydroxyl groups is 3. The molecule has 0 aliphatic carbocycles. The normalized spacial score (nSPS) is 45.3. The molecule has 0 aromatic rings. The Kier molecular flexibility index (Phi) is 16.2. The second-order valence-corrected chi connectivity index (χ2v) is 16.2. The quantitative estimate of drug-likeness (QED) is 0.143. The Morgan fingerprint density at radius 2 is 1.60 bits per heavy atom. The Hall–Kier alpha value is -2.31. The van der Waals surface area contributed by atoms with E-state index in [9.17, 15) is 29.7 Å². The highest BCUT2D eigenvalue weighted by Crippen LogP contribution is 2.41. The molecule has 3 heterocycles. The fourth-order valence-corrected chi connectivity index (χ4v) is 8.32. The van der Waals surface area contributed by atoms with Gasteiger partial charge in [-0.15, -0.1) is 0 Å². The van der Waals surface area contributed by atoms with E-state index in [2.05, 4.69) is 18.5 Å². The average Bonchev–Trinajstić information content (AvgIpc) is 3.15. The van der Waals surface area contributed by atoms with E-state index in [1.54, 1.807) is 48.6 Å².